The second-order valence-corrected chi connectivity index (χ2v) is 7.18. The van der Waals surface area contributed by atoms with E-state index in [0.29, 0.717) is 10.9 Å². The van der Waals surface area contributed by atoms with Crippen molar-refractivity contribution >= 4 is 23.2 Å². The highest BCUT2D eigenvalue weighted by Gasteiger charge is 2.41. The van der Waals surface area contributed by atoms with Crippen molar-refractivity contribution < 1.29 is 33.7 Å². The highest BCUT2D eigenvalue weighted by Crippen LogP contribution is 2.43. The Kier molecular flexibility index (Phi) is 4.48. The van der Waals surface area contributed by atoms with Gasteiger partial charge in [-0.1, -0.05) is 40.5 Å². The Hall–Kier alpha value is -2.88. The summed E-state index contributed by atoms with van der Waals surface area (Å²) in [5, 5.41) is 7.15. The van der Waals surface area contributed by atoms with Gasteiger partial charge in [-0.15, -0.1) is 0 Å². The van der Waals surface area contributed by atoms with Crippen LogP contribution in [0.15, 0.2) is 53.2 Å². The lowest BCUT2D eigenvalue weighted by Crippen LogP contribution is -2.14. The summed E-state index contributed by atoms with van der Waals surface area (Å²) < 4.78 is 106. The molecular weight excluding hydrogens is 473 g/mol. The van der Waals surface area contributed by atoms with E-state index in [1.54, 1.807) is 0 Å². The molecule has 0 saturated heterocycles. The van der Waals surface area contributed by atoms with Gasteiger partial charge in [0.25, 0.3) is 0 Å². The molecule has 0 fully saturated rings. The van der Waals surface area contributed by atoms with E-state index >= 15 is 0 Å². The summed E-state index contributed by atoms with van der Waals surface area (Å²) in [6.45, 7) is -3.36. The second kappa shape index (κ2) is 8.57. The zero-order chi connectivity index (χ0) is 27.3. The van der Waals surface area contributed by atoms with Crippen molar-refractivity contribution in [3.63, 3.8) is 0 Å². The third kappa shape index (κ3) is 3.99. The minimum absolute atomic E-state index is 0.0914. The predicted molar refractivity (Wildman–Crippen MR) is 110 cm³/mol. The fourth-order valence-corrected chi connectivity index (χ4v) is 3.54. The maximum atomic E-state index is 14.7. The van der Waals surface area contributed by atoms with Gasteiger partial charge >= 0.3 is 6.18 Å². The number of alkyl halides is 3. The Balaban J connectivity index is 2.05. The lowest BCUT2D eigenvalue weighted by molar-refractivity contribution is -0.142. The van der Waals surface area contributed by atoms with Crippen LogP contribution >= 0.6 is 23.2 Å². The van der Waals surface area contributed by atoms with E-state index in [0.717, 1.165) is 6.07 Å². The molecule has 0 spiro atoms. The Morgan fingerprint density at radius 1 is 1.22 bits per heavy atom. The van der Waals surface area contributed by atoms with Crippen molar-refractivity contribution in [1.29, 1.82) is 0 Å². The molecule has 2 heterocycles. The van der Waals surface area contributed by atoms with Crippen molar-refractivity contribution in [2.24, 2.45) is 0 Å². The van der Waals surface area contributed by atoms with Crippen molar-refractivity contribution in [2.45, 2.75) is 12.7 Å². The molecule has 4 aromatic rings. The average molecular weight is 491 g/mol. The van der Waals surface area contributed by atoms with Crippen LogP contribution in [-0.4, -0.2) is 22.0 Å². The van der Waals surface area contributed by atoms with E-state index in [2.05, 4.69) is 15.0 Å². The van der Waals surface area contributed by atoms with Crippen LogP contribution in [0.25, 0.3) is 28.3 Å². The largest absolute Gasteiger partial charge is 0.434 e. The first kappa shape index (κ1) is 16.7. The third-order valence-electron chi connectivity index (χ3n) is 4.38. The van der Waals surface area contributed by atoms with Crippen LogP contribution in [0, 0.1) is 5.82 Å². The fourth-order valence-electron chi connectivity index (χ4n) is 3.11. The molecule has 2 aromatic heterocycles. The van der Waals surface area contributed by atoms with E-state index in [1.165, 1.54) is 36.4 Å². The molecule has 11 heteroatoms. The van der Waals surface area contributed by atoms with Crippen LogP contribution in [0.1, 0.15) is 18.1 Å². The van der Waals surface area contributed by atoms with Crippen molar-refractivity contribution in [1.82, 2.24) is 14.9 Å². The Morgan fingerprint density at radius 2 is 2.00 bits per heavy atom. The average Bonchev–Trinajstić information content (AvgIpc) is 3.37. The second-order valence-electron chi connectivity index (χ2n) is 6.33. The van der Waals surface area contributed by atoms with Crippen LogP contribution in [0.4, 0.5) is 17.6 Å². The highest BCUT2D eigenvalue weighted by molar-refractivity contribution is 6.33. The number of aromatic nitrogens is 3. The van der Waals surface area contributed by atoms with E-state index in [-0.39, 0.29) is 15.7 Å². The van der Waals surface area contributed by atoms with Gasteiger partial charge in [0.1, 0.15) is 11.5 Å². The molecule has 32 heavy (non-hydrogen) atoms. The molecule has 0 aliphatic rings. The van der Waals surface area contributed by atoms with Crippen molar-refractivity contribution in [3.05, 3.63) is 75.8 Å². The van der Waals surface area contributed by atoms with E-state index in [9.17, 15) is 17.6 Å². The van der Waals surface area contributed by atoms with Crippen LogP contribution < -0.4 is 0 Å². The number of halogens is 6. The molecule has 0 N–H and O–H groups in total. The molecule has 4 rings (SSSR count). The number of hydrogen-bond donors (Lipinski definition) is 0. The van der Waals surface area contributed by atoms with Gasteiger partial charge in [-0.25, -0.2) is 9.07 Å². The van der Waals surface area contributed by atoms with Crippen LogP contribution in [-0.2, 0) is 17.5 Å². The van der Waals surface area contributed by atoms with Gasteiger partial charge in [0.05, 0.1) is 47.0 Å². The van der Waals surface area contributed by atoms with Crippen LogP contribution in [0.5, 0.6) is 0 Å². The maximum absolute atomic E-state index is 14.7. The number of ether oxygens (including phenoxy) is 1. The molecule has 0 aliphatic heterocycles. The number of hydrogen-bond acceptors (Lipinski definition) is 4. The topological polar surface area (TPSA) is 53.1 Å². The first-order valence-electron chi connectivity index (χ1n) is 11.2. The van der Waals surface area contributed by atoms with E-state index in [4.69, 9.17) is 34.6 Å². The van der Waals surface area contributed by atoms with E-state index < -0.39 is 59.4 Å². The molecular formula is C21H13Cl2F4N3O2. The molecule has 0 amide bonds. The van der Waals surface area contributed by atoms with E-state index in [1.807, 2.05) is 0 Å². The van der Waals surface area contributed by atoms with Gasteiger partial charge in [0.2, 0.25) is 0 Å². The van der Waals surface area contributed by atoms with Gasteiger partial charge in [-0.2, -0.15) is 18.3 Å². The number of rotatable bonds is 5. The molecule has 5 nitrogen and oxygen atoms in total. The van der Waals surface area contributed by atoms with Crippen LogP contribution in [0.3, 0.4) is 0 Å². The van der Waals surface area contributed by atoms with Crippen LogP contribution in [0.2, 0.25) is 10.0 Å². The molecule has 0 saturated carbocycles. The molecule has 166 valence electrons. The minimum Gasteiger partial charge on any atom is -0.380 e. The first-order valence-corrected chi connectivity index (χ1v) is 9.42. The zero-order valence-corrected chi connectivity index (χ0v) is 17.1. The van der Waals surface area contributed by atoms with Gasteiger partial charge < -0.3 is 9.26 Å². The molecule has 0 bridgehead atoms. The maximum Gasteiger partial charge on any atom is 0.434 e. The monoisotopic (exact) mass is 490 g/mol. The quantitative estimate of drug-likeness (QED) is 0.288. The molecule has 0 radical (unpaired) electrons. The molecule has 0 atom stereocenters. The predicted octanol–water partition coefficient (Wildman–Crippen LogP) is 6.81. The third-order valence-corrected chi connectivity index (χ3v) is 4.93. The fraction of sp³-hybridized carbons (Fsp3) is 0.143. The normalized spacial score (nSPS) is 15.0. The summed E-state index contributed by atoms with van der Waals surface area (Å²) in [7, 11) is -3.35. The Morgan fingerprint density at radius 3 is 2.69 bits per heavy atom. The number of nitrogens with zero attached hydrogens (tertiary/aromatic N) is 3. The minimum atomic E-state index is -5.09. The smallest absolute Gasteiger partial charge is 0.380 e. The first-order chi connectivity index (χ1) is 17.1. The molecule has 0 aliphatic carbocycles. The lowest BCUT2D eigenvalue weighted by atomic mass is 10.0. The number of methoxy groups -OCH3 is 1. The summed E-state index contributed by atoms with van der Waals surface area (Å²) in [6.07, 6.45) is -4.38. The summed E-state index contributed by atoms with van der Waals surface area (Å²) in [6, 6.07) is 8.71. The van der Waals surface area contributed by atoms with Gasteiger partial charge in [-0.3, -0.25) is 0 Å². The summed E-state index contributed by atoms with van der Waals surface area (Å²) >= 11 is 12.0. The summed E-state index contributed by atoms with van der Waals surface area (Å²) in [4.78, 5) is 0. The Bertz CT molecular complexity index is 1450. The van der Waals surface area contributed by atoms with Gasteiger partial charge in [0.15, 0.2) is 11.5 Å². The Labute approximate surface area is 196 Å². The van der Waals surface area contributed by atoms with Crippen molar-refractivity contribution in [2.75, 3.05) is 7.04 Å². The summed E-state index contributed by atoms with van der Waals surface area (Å²) in [5.74, 6) is -1.92. The zero-order valence-electron chi connectivity index (χ0n) is 20.5. The van der Waals surface area contributed by atoms with Gasteiger partial charge in [-0.05, 0) is 30.3 Å². The SMILES string of the molecule is [2H]C([2H])([2H])OC([2H])([2H])c1c(-c2c(F)cccc2Cl)noc1-c1cnn(-c2cccc(Cl)c2)c1C(F)(F)F. The number of benzene rings is 2. The van der Waals surface area contributed by atoms with Crippen molar-refractivity contribution in [3.8, 4) is 28.3 Å². The summed E-state index contributed by atoms with van der Waals surface area (Å²) in [5.41, 5.74) is -4.52. The lowest BCUT2D eigenvalue weighted by Gasteiger charge is -2.13. The highest BCUT2D eigenvalue weighted by atomic mass is 35.5. The molecule has 2 aromatic carbocycles. The van der Waals surface area contributed by atoms with Gasteiger partial charge in [0, 0.05) is 12.1 Å². The standard InChI is InChI=1S/C21H13Cl2F4N3O2/c1-31-10-14-18(17-15(23)6-3-7-16(17)24)29-32-19(14)13-9-28-30(20(13)21(25,26)27)12-5-2-4-11(22)8-12/h2-9H,10H2,1H3/i1D3,10D2. The molecule has 0 unspecified atom stereocenters.